The molecule has 1 aliphatic heterocycles. The van der Waals surface area contributed by atoms with Gasteiger partial charge in [0, 0.05) is 5.56 Å². The highest BCUT2D eigenvalue weighted by molar-refractivity contribution is 5.66. The Morgan fingerprint density at radius 2 is 1.94 bits per heavy atom. The molecule has 84 valence electrons. The second-order valence-electron chi connectivity index (χ2n) is 4.88. The zero-order chi connectivity index (χ0) is 11.4. The Balaban J connectivity index is 2.21. The molecule has 0 aromatic heterocycles. The zero-order valence-electron chi connectivity index (χ0n) is 9.45. The minimum atomic E-state index is -0.640. The number of carbonyl (C=O) groups excluding carboxylic acids is 1. The van der Waals surface area contributed by atoms with Crippen molar-refractivity contribution in [1.82, 2.24) is 0 Å². The summed E-state index contributed by atoms with van der Waals surface area (Å²) in [6.45, 7) is 3.89. The molecule has 1 aliphatic carbocycles. The van der Waals surface area contributed by atoms with E-state index in [9.17, 15) is 4.79 Å². The first-order chi connectivity index (χ1) is 7.55. The van der Waals surface area contributed by atoms with Crippen molar-refractivity contribution >= 4 is 6.16 Å². The van der Waals surface area contributed by atoms with Crippen LogP contribution in [0.15, 0.2) is 24.3 Å². The summed E-state index contributed by atoms with van der Waals surface area (Å²) in [5.74, 6) is 0. The van der Waals surface area contributed by atoms with Gasteiger partial charge in [0.15, 0.2) is 11.2 Å². The fourth-order valence-corrected chi connectivity index (χ4v) is 2.78. The van der Waals surface area contributed by atoms with Crippen molar-refractivity contribution < 1.29 is 14.3 Å². The molecule has 0 N–H and O–H groups in total. The van der Waals surface area contributed by atoms with Gasteiger partial charge in [-0.2, -0.15) is 0 Å². The number of aryl methyl sites for hydroxylation is 1. The van der Waals surface area contributed by atoms with Crippen LogP contribution in [0.1, 0.15) is 31.4 Å². The predicted molar refractivity (Wildman–Crippen MR) is 58.1 cm³/mol. The lowest BCUT2D eigenvalue weighted by Gasteiger charge is -2.40. The van der Waals surface area contributed by atoms with Gasteiger partial charge in [0.1, 0.15) is 0 Å². The summed E-state index contributed by atoms with van der Waals surface area (Å²) >= 11 is 0. The monoisotopic (exact) mass is 218 g/mol. The normalized spacial score (nSPS) is 36.0. The first-order valence-electron chi connectivity index (χ1n) is 5.56. The molecule has 16 heavy (non-hydrogen) atoms. The molecule has 2 aliphatic rings. The van der Waals surface area contributed by atoms with Gasteiger partial charge in [0.05, 0.1) is 0 Å². The van der Waals surface area contributed by atoms with E-state index in [1.807, 2.05) is 32.0 Å². The van der Waals surface area contributed by atoms with Gasteiger partial charge in [-0.3, -0.25) is 0 Å². The molecule has 2 atom stereocenters. The van der Waals surface area contributed by atoms with Crippen LogP contribution in [0.3, 0.4) is 0 Å². The maximum Gasteiger partial charge on any atom is 0.510 e. The highest BCUT2D eigenvalue weighted by atomic mass is 16.8. The fourth-order valence-electron chi connectivity index (χ4n) is 2.78. The number of carbonyl (C=O) groups is 1. The van der Waals surface area contributed by atoms with Crippen LogP contribution in [0.2, 0.25) is 0 Å². The SMILES string of the molecule is C[C@]12CCc3ccccc3[C@@]1(C)OC(=O)O2. The molecule has 0 saturated carbocycles. The third-order valence-electron chi connectivity index (χ3n) is 4.01. The number of benzene rings is 1. The van der Waals surface area contributed by atoms with Gasteiger partial charge in [-0.15, -0.1) is 0 Å². The molecular formula is C13H14O3. The van der Waals surface area contributed by atoms with Gasteiger partial charge in [-0.05, 0) is 32.3 Å². The molecule has 1 aromatic carbocycles. The van der Waals surface area contributed by atoms with E-state index in [1.54, 1.807) is 0 Å². The van der Waals surface area contributed by atoms with Gasteiger partial charge in [0.25, 0.3) is 0 Å². The summed E-state index contributed by atoms with van der Waals surface area (Å²) in [6, 6.07) is 8.10. The quantitative estimate of drug-likeness (QED) is 0.628. The number of hydrogen-bond acceptors (Lipinski definition) is 3. The molecule has 0 unspecified atom stereocenters. The van der Waals surface area contributed by atoms with Crippen molar-refractivity contribution in [2.75, 3.05) is 0 Å². The Labute approximate surface area is 94.4 Å². The minimum Gasteiger partial charge on any atom is -0.423 e. The number of ether oxygens (including phenoxy) is 2. The molecule has 1 heterocycles. The number of rotatable bonds is 0. The molecule has 0 spiro atoms. The highest BCUT2D eigenvalue weighted by Gasteiger charge is 2.60. The van der Waals surface area contributed by atoms with Gasteiger partial charge in [0.2, 0.25) is 0 Å². The Hall–Kier alpha value is -1.51. The van der Waals surface area contributed by atoms with E-state index in [0.717, 1.165) is 18.4 Å². The Kier molecular flexibility index (Phi) is 1.69. The summed E-state index contributed by atoms with van der Waals surface area (Å²) in [4.78, 5) is 11.4. The molecule has 1 aromatic rings. The fraction of sp³-hybridized carbons (Fsp3) is 0.462. The summed E-state index contributed by atoms with van der Waals surface area (Å²) in [5.41, 5.74) is 1.16. The molecule has 3 nitrogen and oxygen atoms in total. The largest absolute Gasteiger partial charge is 0.510 e. The van der Waals surface area contributed by atoms with Crippen molar-refractivity contribution in [3.63, 3.8) is 0 Å². The third kappa shape index (κ3) is 1.01. The zero-order valence-corrected chi connectivity index (χ0v) is 9.45. The number of fused-ring (bicyclic) bond motifs is 3. The molecule has 3 rings (SSSR count). The lowest BCUT2D eigenvalue weighted by atomic mass is 9.70. The molecule has 1 fully saturated rings. The smallest absolute Gasteiger partial charge is 0.423 e. The van der Waals surface area contributed by atoms with Crippen molar-refractivity contribution in [1.29, 1.82) is 0 Å². The first kappa shape index (κ1) is 9.70. The predicted octanol–water partition coefficient (Wildman–Crippen LogP) is 2.77. The standard InChI is InChI=1S/C13H14O3/c1-12-8-7-9-5-3-4-6-10(9)13(12,2)16-11(14)15-12/h3-6H,7-8H2,1-2H3/t12-,13+/m0/s1. The maximum absolute atomic E-state index is 11.4. The molecule has 0 amide bonds. The van der Waals surface area contributed by atoms with E-state index < -0.39 is 17.4 Å². The minimum absolute atomic E-state index is 0.529. The number of hydrogen-bond donors (Lipinski definition) is 0. The summed E-state index contributed by atoms with van der Waals surface area (Å²) < 4.78 is 10.8. The Morgan fingerprint density at radius 1 is 1.19 bits per heavy atom. The van der Waals surface area contributed by atoms with Gasteiger partial charge in [-0.1, -0.05) is 24.3 Å². The lowest BCUT2D eigenvalue weighted by Crippen LogP contribution is -2.48. The van der Waals surface area contributed by atoms with Gasteiger partial charge >= 0.3 is 6.16 Å². The van der Waals surface area contributed by atoms with Crippen LogP contribution in [-0.4, -0.2) is 11.8 Å². The van der Waals surface area contributed by atoms with Crippen molar-refractivity contribution in [3.8, 4) is 0 Å². The molecule has 0 radical (unpaired) electrons. The lowest BCUT2D eigenvalue weighted by molar-refractivity contribution is -0.0415. The second-order valence-corrected chi connectivity index (χ2v) is 4.88. The Bertz CT molecular complexity index is 468. The van der Waals surface area contributed by atoms with E-state index in [2.05, 4.69) is 6.07 Å². The molecule has 1 saturated heterocycles. The topological polar surface area (TPSA) is 35.5 Å². The van der Waals surface area contributed by atoms with Crippen molar-refractivity contribution in [2.45, 2.75) is 37.9 Å². The summed E-state index contributed by atoms with van der Waals surface area (Å²) in [6.07, 6.45) is 1.19. The van der Waals surface area contributed by atoms with Crippen LogP contribution in [0.5, 0.6) is 0 Å². The maximum atomic E-state index is 11.4. The van der Waals surface area contributed by atoms with Crippen LogP contribution in [0.4, 0.5) is 4.79 Å². The van der Waals surface area contributed by atoms with Crippen LogP contribution < -0.4 is 0 Å². The summed E-state index contributed by atoms with van der Waals surface area (Å²) in [7, 11) is 0. The van der Waals surface area contributed by atoms with E-state index in [4.69, 9.17) is 9.47 Å². The molecular weight excluding hydrogens is 204 g/mol. The average molecular weight is 218 g/mol. The van der Waals surface area contributed by atoms with Crippen molar-refractivity contribution in [3.05, 3.63) is 35.4 Å². The highest BCUT2D eigenvalue weighted by Crippen LogP contribution is 2.51. The van der Waals surface area contributed by atoms with Crippen molar-refractivity contribution in [2.24, 2.45) is 0 Å². The first-order valence-corrected chi connectivity index (χ1v) is 5.56. The van der Waals surface area contributed by atoms with Crippen LogP contribution in [0, 0.1) is 0 Å². The van der Waals surface area contributed by atoms with Gasteiger partial charge < -0.3 is 9.47 Å². The molecule has 0 bridgehead atoms. The van der Waals surface area contributed by atoms with E-state index in [0.29, 0.717) is 0 Å². The molecule has 3 heteroatoms. The third-order valence-corrected chi connectivity index (χ3v) is 4.01. The van der Waals surface area contributed by atoms with Crippen LogP contribution in [-0.2, 0) is 21.5 Å². The van der Waals surface area contributed by atoms with Crippen LogP contribution >= 0.6 is 0 Å². The average Bonchev–Trinajstić information content (AvgIpc) is 2.49. The van der Waals surface area contributed by atoms with Gasteiger partial charge in [-0.25, -0.2) is 4.79 Å². The van der Waals surface area contributed by atoms with E-state index in [-0.39, 0.29) is 0 Å². The van der Waals surface area contributed by atoms with E-state index in [1.165, 1.54) is 5.56 Å². The Morgan fingerprint density at radius 3 is 2.75 bits per heavy atom. The van der Waals surface area contributed by atoms with Crippen LogP contribution in [0.25, 0.3) is 0 Å². The van der Waals surface area contributed by atoms with E-state index >= 15 is 0 Å². The second kappa shape index (κ2) is 2.78. The summed E-state index contributed by atoms with van der Waals surface area (Å²) in [5, 5.41) is 0.